The van der Waals surface area contributed by atoms with E-state index in [0.717, 1.165) is 29.1 Å². The van der Waals surface area contributed by atoms with Gasteiger partial charge in [0.1, 0.15) is 11.5 Å². The van der Waals surface area contributed by atoms with Gasteiger partial charge in [0.05, 0.1) is 0 Å². The van der Waals surface area contributed by atoms with E-state index in [1.54, 1.807) is 0 Å². The topological polar surface area (TPSA) is 9.23 Å². The molecule has 1 nitrogen and oxygen atoms in total. The van der Waals surface area contributed by atoms with Crippen molar-refractivity contribution < 1.29 is 4.74 Å². The van der Waals surface area contributed by atoms with E-state index < -0.39 is 0 Å². The zero-order chi connectivity index (χ0) is 13.9. The van der Waals surface area contributed by atoms with Crippen LogP contribution < -0.4 is 0 Å². The molecule has 20 heavy (non-hydrogen) atoms. The first kappa shape index (κ1) is 12.7. The highest BCUT2D eigenvalue weighted by atomic mass is 16.5. The van der Waals surface area contributed by atoms with Crippen LogP contribution in [0.3, 0.4) is 0 Å². The number of ether oxygens (including phenoxy) is 1. The summed E-state index contributed by atoms with van der Waals surface area (Å²) in [6.07, 6.45) is 0.967. The highest BCUT2D eigenvalue weighted by molar-refractivity contribution is 5.76. The standard InChI is InChI=1S/C19H18O/c1-14-13-15(2)19(17-11-7-4-8-12-17)20-18(14)16-9-5-3-6-10-16/h3-12H,13H2,1-2H3. The lowest BCUT2D eigenvalue weighted by molar-refractivity contribution is 0.451. The predicted molar refractivity (Wildman–Crippen MR) is 83.8 cm³/mol. The monoisotopic (exact) mass is 262 g/mol. The highest BCUT2D eigenvalue weighted by Gasteiger charge is 2.19. The maximum Gasteiger partial charge on any atom is 0.133 e. The molecule has 0 saturated heterocycles. The Morgan fingerprint density at radius 1 is 0.650 bits per heavy atom. The van der Waals surface area contributed by atoms with Gasteiger partial charge in [-0.25, -0.2) is 0 Å². The molecular formula is C19H18O. The van der Waals surface area contributed by atoms with E-state index in [1.165, 1.54) is 11.1 Å². The fourth-order valence-corrected chi connectivity index (χ4v) is 2.62. The van der Waals surface area contributed by atoms with E-state index in [4.69, 9.17) is 4.74 Å². The van der Waals surface area contributed by atoms with E-state index >= 15 is 0 Å². The summed E-state index contributed by atoms with van der Waals surface area (Å²) >= 11 is 0. The molecule has 3 rings (SSSR count). The number of hydrogen-bond acceptors (Lipinski definition) is 1. The van der Waals surface area contributed by atoms with E-state index in [1.807, 2.05) is 36.4 Å². The van der Waals surface area contributed by atoms with Gasteiger partial charge in [-0.15, -0.1) is 0 Å². The summed E-state index contributed by atoms with van der Waals surface area (Å²) in [4.78, 5) is 0. The zero-order valence-electron chi connectivity index (χ0n) is 11.9. The van der Waals surface area contributed by atoms with Gasteiger partial charge in [0.25, 0.3) is 0 Å². The Hall–Kier alpha value is -2.28. The summed E-state index contributed by atoms with van der Waals surface area (Å²) in [7, 11) is 0. The smallest absolute Gasteiger partial charge is 0.133 e. The van der Waals surface area contributed by atoms with E-state index in [9.17, 15) is 0 Å². The summed E-state index contributed by atoms with van der Waals surface area (Å²) in [5, 5.41) is 0. The number of benzene rings is 2. The fourth-order valence-electron chi connectivity index (χ4n) is 2.62. The van der Waals surface area contributed by atoms with Gasteiger partial charge in [0.2, 0.25) is 0 Å². The second-order valence-corrected chi connectivity index (χ2v) is 5.23. The van der Waals surface area contributed by atoms with Crippen molar-refractivity contribution in [3.63, 3.8) is 0 Å². The van der Waals surface area contributed by atoms with Crippen LogP contribution in [-0.4, -0.2) is 0 Å². The molecule has 0 unspecified atom stereocenters. The molecule has 0 atom stereocenters. The van der Waals surface area contributed by atoms with Crippen molar-refractivity contribution in [3.05, 3.63) is 82.9 Å². The summed E-state index contributed by atoms with van der Waals surface area (Å²) in [5.74, 6) is 1.99. The van der Waals surface area contributed by atoms with Gasteiger partial charge in [-0.1, -0.05) is 60.7 Å². The summed E-state index contributed by atoms with van der Waals surface area (Å²) < 4.78 is 6.24. The van der Waals surface area contributed by atoms with E-state index in [2.05, 4.69) is 38.1 Å². The van der Waals surface area contributed by atoms with Gasteiger partial charge >= 0.3 is 0 Å². The molecule has 0 bridgehead atoms. The average Bonchev–Trinajstić information content (AvgIpc) is 2.49. The Balaban J connectivity index is 1.99. The first-order valence-corrected chi connectivity index (χ1v) is 6.94. The van der Waals surface area contributed by atoms with Crippen LogP contribution in [0, 0.1) is 0 Å². The maximum absolute atomic E-state index is 6.24. The molecule has 2 aromatic rings. The number of allylic oxidation sites excluding steroid dienone is 2. The van der Waals surface area contributed by atoms with Crippen LogP contribution in [0.2, 0.25) is 0 Å². The molecule has 0 aromatic heterocycles. The third-order valence-electron chi connectivity index (χ3n) is 3.58. The van der Waals surface area contributed by atoms with Crippen molar-refractivity contribution in [2.45, 2.75) is 20.3 Å². The lowest BCUT2D eigenvalue weighted by Gasteiger charge is -2.24. The minimum atomic E-state index is 0.967. The summed E-state index contributed by atoms with van der Waals surface area (Å²) in [5.41, 5.74) is 4.86. The fraction of sp³-hybridized carbons (Fsp3) is 0.158. The molecule has 0 radical (unpaired) electrons. The summed E-state index contributed by atoms with van der Waals surface area (Å²) in [6.45, 7) is 4.29. The van der Waals surface area contributed by atoms with Crippen molar-refractivity contribution in [2.75, 3.05) is 0 Å². The molecule has 0 N–H and O–H groups in total. The van der Waals surface area contributed by atoms with Crippen LogP contribution in [-0.2, 0) is 4.74 Å². The van der Waals surface area contributed by atoms with Gasteiger partial charge in [0, 0.05) is 11.1 Å². The number of rotatable bonds is 2. The van der Waals surface area contributed by atoms with Crippen molar-refractivity contribution >= 4 is 11.5 Å². The molecule has 1 heteroatoms. The molecule has 1 aliphatic heterocycles. The molecule has 0 spiro atoms. The van der Waals surface area contributed by atoms with Crippen molar-refractivity contribution in [3.8, 4) is 0 Å². The second-order valence-electron chi connectivity index (χ2n) is 5.23. The third-order valence-corrected chi connectivity index (χ3v) is 3.58. The van der Waals surface area contributed by atoms with Crippen LogP contribution >= 0.6 is 0 Å². The highest BCUT2D eigenvalue weighted by Crippen LogP contribution is 2.37. The normalized spacial score (nSPS) is 15.3. The molecule has 0 fully saturated rings. The third kappa shape index (κ3) is 2.39. The lowest BCUT2D eigenvalue weighted by Crippen LogP contribution is -2.04. The molecule has 1 aliphatic rings. The van der Waals surface area contributed by atoms with Crippen LogP contribution in [0.15, 0.2) is 71.8 Å². The Morgan fingerprint density at radius 3 is 1.45 bits per heavy atom. The average molecular weight is 262 g/mol. The quantitative estimate of drug-likeness (QED) is 0.716. The molecule has 0 saturated carbocycles. The summed E-state index contributed by atoms with van der Waals surface area (Å²) in [6, 6.07) is 20.6. The van der Waals surface area contributed by atoms with Crippen LogP contribution in [0.1, 0.15) is 31.4 Å². The second kappa shape index (κ2) is 5.38. The van der Waals surface area contributed by atoms with Crippen LogP contribution in [0.25, 0.3) is 11.5 Å². The minimum Gasteiger partial charge on any atom is -0.456 e. The zero-order valence-corrected chi connectivity index (χ0v) is 11.9. The minimum absolute atomic E-state index is 0.967. The van der Waals surface area contributed by atoms with Gasteiger partial charge in [-0.05, 0) is 31.4 Å². The van der Waals surface area contributed by atoms with Gasteiger partial charge in [-0.2, -0.15) is 0 Å². The molecule has 0 aliphatic carbocycles. The maximum atomic E-state index is 6.24. The van der Waals surface area contributed by atoms with Gasteiger partial charge < -0.3 is 4.74 Å². The Bertz CT molecular complexity index is 604. The molecule has 0 amide bonds. The Labute approximate surface area is 120 Å². The largest absolute Gasteiger partial charge is 0.456 e. The molecule has 2 aromatic carbocycles. The first-order valence-electron chi connectivity index (χ1n) is 6.94. The van der Waals surface area contributed by atoms with Gasteiger partial charge in [0.15, 0.2) is 0 Å². The lowest BCUT2D eigenvalue weighted by atomic mass is 9.97. The van der Waals surface area contributed by atoms with Crippen molar-refractivity contribution in [1.82, 2.24) is 0 Å². The van der Waals surface area contributed by atoms with Gasteiger partial charge in [-0.3, -0.25) is 0 Å². The Morgan fingerprint density at radius 2 is 1.05 bits per heavy atom. The molecule has 1 heterocycles. The number of hydrogen-bond donors (Lipinski definition) is 0. The van der Waals surface area contributed by atoms with Crippen molar-refractivity contribution in [1.29, 1.82) is 0 Å². The molecule has 100 valence electrons. The van der Waals surface area contributed by atoms with Crippen LogP contribution in [0.4, 0.5) is 0 Å². The first-order chi connectivity index (χ1) is 9.75. The van der Waals surface area contributed by atoms with E-state index in [-0.39, 0.29) is 0 Å². The molecular weight excluding hydrogens is 244 g/mol. The van der Waals surface area contributed by atoms with Crippen molar-refractivity contribution in [2.24, 2.45) is 0 Å². The van der Waals surface area contributed by atoms with Crippen LogP contribution in [0.5, 0.6) is 0 Å². The van der Waals surface area contributed by atoms with E-state index in [0.29, 0.717) is 0 Å². The Kier molecular flexibility index (Phi) is 3.42. The predicted octanol–water partition coefficient (Wildman–Crippen LogP) is 5.27. The SMILES string of the molecule is CC1=C(c2ccccc2)OC(c2ccccc2)=C(C)C1.